The molecule has 2 aliphatic heterocycles. The van der Waals surface area contributed by atoms with E-state index in [2.05, 4.69) is 39.9 Å². The summed E-state index contributed by atoms with van der Waals surface area (Å²) in [6.45, 7) is 1.86. The molecule has 102 valence electrons. The molecule has 2 aliphatic rings. The number of nitrogens with one attached hydrogen (secondary N) is 2. The first kappa shape index (κ1) is 12.1. The van der Waals surface area contributed by atoms with Gasteiger partial charge in [-0.05, 0) is 29.8 Å². The predicted octanol–water partition coefficient (Wildman–Crippen LogP) is 2.68. The zero-order valence-corrected chi connectivity index (χ0v) is 11.5. The van der Waals surface area contributed by atoms with Crippen LogP contribution in [0.3, 0.4) is 0 Å². The van der Waals surface area contributed by atoms with Gasteiger partial charge in [0.1, 0.15) is 17.5 Å². The van der Waals surface area contributed by atoms with E-state index < -0.39 is 0 Å². The van der Waals surface area contributed by atoms with Gasteiger partial charge in [0.15, 0.2) is 0 Å². The standard InChI is InChI=1S/C15H14ClN3O/c16-11-3-6-14(18-7-11)19-12-4-1-10(2-5-12)15-9-17-8-13(15)20-15/h1-7,13,17H,8-9H2,(H,18,19)/t13-,15-/m0/s1. The molecular weight excluding hydrogens is 274 g/mol. The molecule has 0 bridgehead atoms. The Bertz CT molecular complexity index is 629. The second kappa shape index (κ2) is 4.45. The highest BCUT2D eigenvalue weighted by Crippen LogP contribution is 2.48. The van der Waals surface area contributed by atoms with Gasteiger partial charge in [0.25, 0.3) is 0 Å². The molecule has 1 aromatic heterocycles. The lowest BCUT2D eigenvalue weighted by molar-refractivity contribution is 0.264. The van der Waals surface area contributed by atoms with Crippen LogP contribution in [0.4, 0.5) is 11.5 Å². The molecule has 0 amide bonds. The number of halogens is 1. The lowest BCUT2D eigenvalue weighted by Gasteiger charge is -2.11. The summed E-state index contributed by atoms with van der Waals surface area (Å²) >= 11 is 5.82. The Morgan fingerprint density at radius 3 is 2.70 bits per heavy atom. The number of morpholine rings is 1. The van der Waals surface area contributed by atoms with Gasteiger partial charge in [-0.1, -0.05) is 23.7 Å². The molecule has 4 nitrogen and oxygen atoms in total. The largest absolute Gasteiger partial charge is 0.358 e. The van der Waals surface area contributed by atoms with Crippen molar-refractivity contribution in [3.8, 4) is 0 Å². The molecule has 0 aliphatic carbocycles. The molecule has 2 atom stereocenters. The number of benzene rings is 1. The predicted molar refractivity (Wildman–Crippen MR) is 78.4 cm³/mol. The molecular formula is C15H14ClN3O. The van der Waals surface area contributed by atoms with Gasteiger partial charge in [-0.2, -0.15) is 0 Å². The molecule has 2 saturated heterocycles. The minimum atomic E-state index is -0.0724. The third-order valence-electron chi connectivity index (χ3n) is 3.91. The smallest absolute Gasteiger partial charge is 0.133 e. The Morgan fingerprint density at radius 2 is 2.10 bits per heavy atom. The van der Waals surface area contributed by atoms with Gasteiger partial charge >= 0.3 is 0 Å². The average Bonchev–Trinajstić information content (AvgIpc) is 3.04. The van der Waals surface area contributed by atoms with Gasteiger partial charge in [0.05, 0.1) is 5.02 Å². The zero-order chi connectivity index (χ0) is 13.6. The highest BCUT2D eigenvalue weighted by atomic mass is 35.5. The van der Waals surface area contributed by atoms with E-state index in [1.807, 2.05) is 12.1 Å². The molecule has 0 radical (unpaired) electrons. The van der Waals surface area contributed by atoms with Crippen LogP contribution in [0.1, 0.15) is 5.56 Å². The average molecular weight is 288 g/mol. The van der Waals surface area contributed by atoms with E-state index in [4.69, 9.17) is 16.3 Å². The van der Waals surface area contributed by atoms with E-state index in [9.17, 15) is 0 Å². The van der Waals surface area contributed by atoms with Crippen LogP contribution in [0.15, 0.2) is 42.6 Å². The minimum absolute atomic E-state index is 0.0724. The number of hydrogen-bond acceptors (Lipinski definition) is 4. The molecule has 0 saturated carbocycles. The fourth-order valence-electron chi connectivity index (χ4n) is 2.76. The van der Waals surface area contributed by atoms with Gasteiger partial charge in [-0.25, -0.2) is 4.98 Å². The molecule has 1 aromatic carbocycles. The molecule has 3 heterocycles. The van der Waals surface area contributed by atoms with Crippen molar-refractivity contribution < 1.29 is 4.74 Å². The van der Waals surface area contributed by atoms with Crippen molar-refractivity contribution in [1.82, 2.24) is 10.3 Å². The molecule has 2 fully saturated rings. The summed E-state index contributed by atoms with van der Waals surface area (Å²) in [5.41, 5.74) is 2.17. The number of anilines is 2. The summed E-state index contributed by atoms with van der Waals surface area (Å²) < 4.78 is 5.79. The summed E-state index contributed by atoms with van der Waals surface area (Å²) in [6, 6.07) is 12.0. The van der Waals surface area contributed by atoms with Crippen LogP contribution in [0, 0.1) is 0 Å². The van der Waals surface area contributed by atoms with Crippen molar-refractivity contribution in [3.63, 3.8) is 0 Å². The number of ether oxygens (including phenoxy) is 1. The SMILES string of the molecule is Clc1ccc(Nc2ccc([C@@]34CNC[C@@H]3O4)cc2)nc1. The highest BCUT2D eigenvalue weighted by molar-refractivity contribution is 6.30. The first-order valence-electron chi connectivity index (χ1n) is 6.64. The van der Waals surface area contributed by atoms with Gasteiger partial charge in [0.2, 0.25) is 0 Å². The van der Waals surface area contributed by atoms with Gasteiger partial charge in [-0.3, -0.25) is 0 Å². The number of nitrogens with zero attached hydrogens (tertiary/aromatic N) is 1. The van der Waals surface area contributed by atoms with E-state index in [0.717, 1.165) is 24.6 Å². The van der Waals surface area contributed by atoms with E-state index >= 15 is 0 Å². The van der Waals surface area contributed by atoms with Crippen LogP contribution in [-0.4, -0.2) is 24.2 Å². The second-order valence-corrected chi connectivity index (χ2v) is 5.63. The first-order chi connectivity index (χ1) is 9.76. The van der Waals surface area contributed by atoms with Crippen molar-refractivity contribution >= 4 is 23.1 Å². The van der Waals surface area contributed by atoms with Gasteiger partial charge < -0.3 is 15.4 Å². The van der Waals surface area contributed by atoms with Crippen LogP contribution in [0.5, 0.6) is 0 Å². The Morgan fingerprint density at radius 1 is 1.25 bits per heavy atom. The molecule has 0 spiro atoms. The number of fused-ring (bicyclic) bond motifs is 1. The zero-order valence-electron chi connectivity index (χ0n) is 10.8. The third-order valence-corrected chi connectivity index (χ3v) is 4.13. The molecule has 2 aromatic rings. The summed E-state index contributed by atoms with van der Waals surface area (Å²) in [5, 5.41) is 7.24. The third kappa shape index (κ3) is 1.97. The Balaban J connectivity index is 1.52. The summed E-state index contributed by atoms with van der Waals surface area (Å²) in [7, 11) is 0. The van der Waals surface area contributed by atoms with E-state index in [0.29, 0.717) is 11.1 Å². The maximum absolute atomic E-state index is 5.82. The molecule has 0 unspecified atom stereocenters. The summed E-state index contributed by atoms with van der Waals surface area (Å²) in [5.74, 6) is 0.781. The molecule has 4 rings (SSSR count). The van der Waals surface area contributed by atoms with E-state index in [1.165, 1.54) is 5.56 Å². The van der Waals surface area contributed by atoms with Crippen LogP contribution < -0.4 is 10.6 Å². The lowest BCUT2D eigenvalue weighted by atomic mass is 9.97. The number of rotatable bonds is 3. The monoisotopic (exact) mass is 287 g/mol. The second-order valence-electron chi connectivity index (χ2n) is 5.19. The van der Waals surface area contributed by atoms with E-state index in [-0.39, 0.29) is 5.60 Å². The topological polar surface area (TPSA) is 49.5 Å². The first-order valence-corrected chi connectivity index (χ1v) is 7.02. The molecule has 5 heteroatoms. The summed E-state index contributed by atoms with van der Waals surface area (Å²) in [6.07, 6.45) is 1.98. The quantitative estimate of drug-likeness (QED) is 0.852. The van der Waals surface area contributed by atoms with Crippen molar-refractivity contribution in [1.29, 1.82) is 0 Å². The van der Waals surface area contributed by atoms with Crippen molar-refractivity contribution in [3.05, 3.63) is 53.2 Å². The molecule has 20 heavy (non-hydrogen) atoms. The lowest BCUT2D eigenvalue weighted by Crippen LogP contribution is -2.20. The van der Waals surface area contributed by atoms with Crippen LogP contribution in [0.2, 0.25) is 5.02 Å². The Labute approximate surface area is 122 Å². The van der Waals surface area contributed by atoms with E-state index in [1.54, 1.807) is 6.20 Å². The number of aromatic nitrogens is 1. The minimum Gasteiger partial charge on any atom is -0.358 e. The van der Waals surface area contributed by atoms with Crippen LogP contribution in [-0.2, 0) is 10.3 Å². The maximum atomic E-state index is 5.82. The summed E-state index contributed by atoms with van der Waals surface area (Å²) in [4.78, 5) is 4.22. The van der Waals surface area contributed by atoms with Crippen LogP contribution in [0.25, 0.3) is 0 Å². The van der Waals surface area contributed by atoms with Crippen molar-refractivity contribution in [2.24, 2.45) is 0 Å². The van der Waals surface area contributed by atoms with Crippen molar-refractivity contribution in [2.45, 2.75) is 11.7 Å². The fourth-order valence-corrected chi connectivity index (χ4v) is 2.87. The number of hydrogen-bond donors (Lipinski definition) is 2. The normalized spacial score (nSPS) is 27.1. The number of pyridine rings is 1. The Kier molecular flexibility index (Phi) is 2.70. The highest BCUT2D eigenvalue weighted by Gasteiger charge is 2.60. The van der Waals surface area contributed by atoms with Crippen LogP contribution >= 0.6 is 11.6 Å². The maximum Gasteiger partial charge on any atom is 0.133 e. The van der Waals surface area contributed by atoms with Crippen molar-refractivity contribution in [2.75, 3.05) is 18.4 Å². The van der Waals surface area contributed by atoms with Gasteiger partial charge in [0, 0.05) is 25.0 Å². The van der Waals surface area contributed by atoms with Gasteiger partial charge in [-0.15, -0.1) is 0 Å². The Hall–Kier alpha value is -1.62. The molecule has 2 N–H and O–H groups in total. The fraction of sp³-hybridized carbons (Fsp3) is 0.267. The number of epoxide rings is 1.